The highest BCUT2D eigenvalue weighted by Crippen LogP contribution is 2.56. The van der Waals surface area contributed by atoms with Crippen LogP contribution in [0.5, 0.6) is 11.5 Å². The standard InChI is InChI=1S/C12H14O3/c1-13-7-3-4-8(14-2)12-10-6-5-9(15-10)11(7)12/h3-4,9-10H,5-6H2,1-2H3/t9-,10+. The van der Waals surface area contributed by atoms with Crippen molar-refractivity contribution in [2.45, 2.75) is 25.0 Å². The third-order valence-electron chi connectivity index (χ3n) is 3.31. The van der Waals surface area contributed by atoms with Crippen LogP contribution in [0.25, 0.3) is 0 Å². The van der Waals surface area contributed by atoms with Crippen LogP contribution in [0.15, 0.2) is 12.1 Å². The number of rotatable bonds is 2. The maximum absolute atomic E-state index is 5.87. The first-order chi connectivity index (χ1) is 7.35. The lowest BCUT2D eigenvalue weighted by molar-refractivity contribution is 0.0701. The summed E-state index contributed by atoms with van der Waals surface area (Å²) in [6.07, 6.45) is 2.63. The highest BCUT2D eigenvalue weighted by atomic mass is 16.5. The summed E-state index contributed by atoms with van der Waals surface area (Å²) < 4.78 is 16.6. The Hall–Kier alpha value is -1.22. The number of benzene rings is 1. The molecule has 2 atom stereocenters. The molecule has 15 heavy (non-hydrogen) atoms. The summed E-state index contributed by atoms with van der Waals surface area (Å²) in [6.45, 7) is 0. The normalized spacial score (nSPS) is 26.5. The molecule has 3 rings (SSSR count). The van der Waals surface area contributed by atoms with E-state index in [2.05, 4.69) is 0 Å². The van der Waals surface area contributed by atoms with E-state index in [1.54, 1.807) is 14.2 Å². The summed E-state index contributed by atoms with van der Waals surface area (Å²) in [4.78, 5) is 0. The smallest absolute Gasteiger partial charge is 0.125 e. The van der Waals surface area contributed by atoms with Gasteiger partial charge in [-0.15, -0.1) is 0 Å². The Morgan fingerprint density at radius 2 is 1.47 bits per heavy atom. The van der Waals surface area contributed by atoms with Crippen LogP contribution in [0.2, 0.25) is 0 Å². The SMILES string of the molecule is COc1ccc(OC)c2c1[C@@H]1CC[C@H]2O1. The summed E-state index contributed by atoms with van der Waals surface area (Å²) >= 11 is 0. The fourth-order valence-electron chi connectivity index (χ4n) is 2.68. The van der Waals surface area contributed by atoms with Crippen molar-refractivity contribution >= 4 is 0 Å². The molecule has 2 bridgehead atoms. The average molecular weight is 206 g/mol. The van der Waals surface area contributed by atoms with Gasteiger partial charge in [-0.25, -0.2) is 0 Å². The van der Waals surface area contributed by atoms with Crippen LogP contribution in [0.1, 0.15) is 36.2 Å². The Bertz CT molecular complexity index is 363. The highest BCUT2D eigenvalue weighted by Gasteiger charge is 2.42. The summed E-state index contributed by atoms with van der Waals surface area (Å²) in [5, 5.41) is 0. The van der Waals surface area contributed by atoms with E-state index >= 15 is 0 Å². The third kappa shape index (κ3) is 1.10. The minimum absolute atomic E-state index is 0.218. The van der Waals surface area contributed by atoms with Gasteiger partial charge < -0.3 is 14.2 Å². The largest absolute Gasteiger partial charge is 0.496 e. The van der Waals surface area contributed by atoms with Crippen LogP contribution in [-0.2, 0) is 4.74 Å². The Morgan fingerprint density at radius 1 is 1.00 bits per heavy atom. The molecule has 0 saturated carbocycles. The second kappa shape index (κ2) is 3.14. The number of hydrogen-bond donors (Lipinski definition) is 0. The van der Waals surface area contributed by atoms with E-state index in [4.69, 9.17) is 14.2 Å². The van der Waals surface area contributed by atoms with Crippen LogP contribution in [0.3, 0.4) is 0 Å². The first-order valence-corrected chi connectivity index (χ1v) is 5.25. The van der Waals surface area contributed by atoms with Crippen LogP contribution in [0.4, 0.5) is 0 Å². The van der Waals surface area contributed by atoms with Crippen molar-refractivity contribution in [2.24, 2.45) is 0 Å². The number of hydrogen-bond acceptors (Lipinski definition) is 3. The summed E-state index contributed by atoms with van der Waals surface area (Å²) in [5.41, 5.74) is 2.40. The van der Waals surface area contributed by atoms with Crippen molar-refractivity contribution in [2.75, 3.05) is 14.2 Å². The second-order valence-electron chi connectivity index (χ2n) is 3.99. The molecule has 3 nitrogen and oxygen atoms in total. The van der Waals surface area contributed by atoms with Crippen LogP contribution < -0.4 is 9.47 Å². The number of fused-ring (bicyclic) bond motifs is 5. The van der Waals surface area contributed by atoms with Crippen LogP contribution in [0, 0.1) is 0 Å². The van der Waals surface area contributed by atoms with E-state index in [1.165, 1.54) is 11.1 Å². The summed E-state index contributed by atoms with van der Waals surface area (Å²) in [6, 6.07) is 3.92. The Morgan fingerprint density at radius 3 is 1.87 bits per heavy atom. The molecule has 1 saturated heterocycles. The number of methoxy groups -OCH3 is 2. The third-order valence-corrected chi connectivity index (χ3v) is 3.31. The van der Waals surface area contributed by atoms with E-state index in [1.807, 2.05) is 12.1 Å². The van der Waals surface area contributed by atoms with Crippen molar-refractivity contribution in [3.05, 3.63) is 23.3 Å². The van der Waals surface area contributed by atoms with E-state index in [0.717, 1.165) is 24.3 Å². The lowest BCUT2D eigenvalue weighted by atomic mass is 9.90. The molecule has 0 spiro atoms. The van der Waals surface area contributed by atoms with Crippen molar-refractivity contribution in [3.8, 4) is 11.5 Å². The van der Waals surface area contributed by atoms with Gasteiger partial charge in [0, 0.05) is 11.1 Å². The van der Waals surface area contributed by atoms with Gasteiger partial charge in [0.2, 0.25) is 0 Å². The molecule has 0 N–H and O–H groups in total. The fraction of sp³-hybridized carbons (Fsp3) is 0.500. The number of ether oxygens (including phenoxy) is 3. The molecular weight excluding hydrogens is 192 g/mol. The molecule has 0 aliphatic carbocycles. The molecule has 0 radical (unpaired) electrons. The zero-order valence-corrected chi connectivity index (χ0v) is 8.95. The molecule has 2 aliphatic heterocycles. The first kappa shape index (κ1) is 9.04. The molecule has 0 unspecified atom stereocenters. The molecule has 1 fully saturated rings. The minimum Gasteiger partial charge on any atom is -0.496 e. The van der Waals surface area contributed by atoms with Crippen molar-refractivity contribution in [1.29, 1.82) is 0 Å². The zero-order chi connectivity index (χ0) is 10.4. The van der Waals surface area contributed by atoms with Crippen molar-refractivity contribution in [3.63, 3.8) is 0 Å². The van der Waals surface area contributed by atoms with Crippen LogP contribution in [-0.4, -0.2) is 14.2 Å². The van der Waals surface area contributed by atoms with E-state index in [9.17, 15) is 0 Å². The van der Waals surface area contributed by atoms with Gasteiger partial charge in [-0.3, -0.25) is 0 Å². The zero-order valence-electron chi connectivity index (χ0n) is 8.95. The van der Waals surface area contributed by atoms with Gasteiger partial charge in [0.1, 0.15) is 11.5 Å². The lowest BCUT2D eigenvalue weighted by Crippen LogP contribution is -2.03. The molecule has 1 aromatic rings. The molecule has 1 aromatic carbocycles. The molecule has 0 amide bonds. The van der Waals surface area contributed by atoms with Gasteiger partial charge >= 0.3 is 0 Å². The maximum Gasteiger partial charge on any atom is 0.125 e. The predicted octanol–water partition coefficient (Wildman–Crippen LogP) is 2.61. The Balaban J connectivity index is 2.21. The topological polar surface area (TPSA) is 27.7 Å². The van der Waals surface area contributed by atoms with Gasteiger partial charge in [0.25, 0.3) is 0 Å². The van der Waals surface area contributed by atoms with Gasteiger partial charge in [-0.1, -0.05) is 0 Å². The van der Waals surface area contributed by atoms with E-state index in [-0.39, 0.29) is 12.2 Å². The van der Waals surface area contributed by atoms with Crippen molar-refractivity contribution < 1.29 is 14.2 Å². The second-order valence-corrected chi connectivity index (χ2v) is 3.99. The predicted molar refractivity (Wildman–Crippen MR) is 55.3 cm³/mol. The van der Waals surface area contributed by atoms with Gasteiger partial charge in [0.15, 0.2) is 0 Å². The molecule has 80 valence electrons. The lowest BCUT2D eigenvalue weighted by Gasteiger charge is -2.17. The van der Waals surface area contributed by atoms with Gasteiger partial charge in [-0.05, 0) is 25.0 Å². The van der Waals surface area contributed by atoms with Crippen molar-refractivity contribution in [1.82, 2.24) is 0 Å². The minimum atomic E-state index is 0.218. The van der Waals surface area contributed by atoms with E-state index < -0.39 is 0 Å². The summed E-state index contributed by atoms with van der Waals surface area (Å²) in [5.74, 6) is 1.86. The molecular formula is C12H14O3. The van der Waals surface area contributed by atoms with Gasteiger partial charge in [-0.2, -0.15) is 0 Å². The first-order valence-electron chi connectivity index (χ1n) is 5.25. The Kier molecular flexibility index (Phi) is 1.89. The monoisotopic (exact) mass is 206 g/mol. The Labute approximate surface area is 89.0 Å². The average Bonchev–Trinajstić information content (AvgIpc) is 2.88. The molecule has 0 aromatic heterocycles. The fourth-order valence-corrected chi connectivity index (χ4v) is 2.68. The molecule has 2 aliphatic rings. The van der Waals surface area contributed by atoms with Gasteiger partial charge in [0.05, 0.1) is 26.4 Å². The highest BCUT2D eigenvalue weighted by molar-refractivity contribution is 5.54. The molecule has 3 heteroatoms. The summed E-state index contributed by atoms with van der Waals surface area (Å²) in [7, 11) is 3.40. The maximum atomic E-state index is 5.87. The van der Waals surface area contributed by atoms with E-state index in [0.29, 0.717) is 0 Å². The molecule has 2 heterocycles. The van der Waals surface area contributed by atoms with Crippen LogP contribution >= 0.6 is 0 Å². The quantitative estimate of drug-likeness (QED) is 0.744.